The second-order valence-corrected chi connectivity index (χ2v) is 6.78. The number of hydrogen-bond acceptors (Lipinski definition) is 5. The Labute approximate surface area is 118 Å². The van der Waals surface area contributed by atoms with Crippen LogP contribution in [0.2, 0.25) is 10.0 Å². The summed E-state index contributed by atoms with van der Waals surface area (Å²) in [6.45, 7) is 1.78. The van der Waals surface area contributed by atoms with E-state index in [9.17, 15) is 8.42 Å². The standard InChI is InChI=1S/C9H9Cl2N3O2S2/c1-2-3-18(15,16)14-8-6(11)4-5(10)7-9(8)13-17-12-7/h4,14H,2-3H2,1H3. The van der Waals surface area contributed by atoms with Gasteiger partial charge in [0.2, 0.25) is 10.0 Å². The number of halogens is 2. The average Bonchev–Trinajstić information content (AvgIpc) is 2.73. The number of fused-ring (bicyclic) bond motifs is 1. The molecule has 5 nitrogen and oxygen atoms in total. The first-order chi connectivity index (χ1) is 8.44. The first kappa shape index (κ1) is 13.8. The van der Waals surface area contributed by atoms with Gasteiger partial charge in [-0.15, -0.1) is 0 Å². The predicted molar refractivity (Wildman–Crippen MR) is 75.1 cm³/mol. The van der Waals surface area contributed by atoms with Crippen molar-refractivity contribution in [2.24, 2.45) is 0 Å². The van der Waals surface area contributed by atoms with Crippen LogP contribution in [-0.4, -0.2) is 22.9 Å². The zero-order chi connectivity index (χ0) is 13.3. The Morgan fingerprint density at radius 1 is 1.28 bits per heavy atom. The van der Waals surface area contributed by atoms with E-state index in [2.05, 4.69) is 13.5 Å². The van der Waals surface area contributed by atoms with Crippen molar-refractivity contribution < 1.29 is 8.42 Å². The minimum absolute atomic E-state index is 0.0189. The van der Waals surface area contributed by atoms with Crippen LogP contribution in [0.3, 0.4) is 0 Å². The van der Waals surface area contributed by atoms with E-state index in [1.165, 1.54) is 6.07 Å². The second kappa shape index (κ2) is 5.16. The molecule has 0 fully saturated rings. The molecule has 18 heavy (non-hydrogen) atoms. The van der Waals surface area contributed by atoms with Gasteiger partial charge < -0.3 is 0 Å². The fraction of sp³-hybridized carbons (Fsp3) is 0.333. The lowest BCUT2D eigenvalue weighted by atomic mass is 10.3. The molecule has 0 amide bonds. The molecule has 0 aliphatic heterocycles. The van der Waals surface area contributed by atoms with Crippen molar-refractivity contribution in [1.82, 2.24) is 8.75 Å². The van der Waals surface area contributed by atoms with E-state index in [0.717, 1.165) is 11.7 Å². The summed E-state index contributed by atoms with van der Waals surface area (Å²) in [5, 5.41) is 0.557. The predicted octanol–water partition coefficient (Wildman–Crippen LogP) is 3.15. The summed E-state index contributed by atoms with van der Waals surface area (Å²) in [5.74, 6) is 0.0189. The molecule has 0 bridgehead atoms. The molecule has 0 saturated carbocycles. The maximum absolute atomic E-state index is 11.8. The van der Waals surface area contributed by atoms with Crippen LogP contribution in [-0.2, 0) is 10.0 Å². The first-order valence-electron chi connectivity index (χ1n) is 5.05. The average molecular weight is 326 g/mol. The van der Waals surface area contributed by atoms with Crippen LogP contribution in [0.1, 0.15) is 13.3 Å². The first-order valence-corrected chi connectivity index (χ1v) is 8.19. The zero-order valence-electron chi connectivity index (χ0n) is 9.27. The molecule has 0 unspecified atom stereocenters. The van der Waals surface area contributed by atoms with E-state index >= 15 is 0 Å². The normalized spacial score (nSPS) is 11.9. The van der Waals surface area contributed by atoms with Gasteiger partial charge in [-0.1, -0.05) is 30.1 Å². The number of nitrogens with one attached hydrogen (secondary N) is 1. The summed E-state index contributed by atoms with van der Waals surface area (Å²) in [7, 11) is -3.43. The van der Waals surface area contributed by atoms with Crippen LogP contribution in [0, 0.1) is 0 Å². The summed E-state index contributed by atoms with van der Waals surface area (Å²) in [5.41, 5.74) is 1.05. The van der Waals surface area contributed by atoms with Gasteiger partial charge >= 0.3 is 0 Å². The Kier molecular flexibility index (Phi) is 3.96. The van der Waals surface area contributed by atoms with Crippen molar-refractivity contribution in [1.29, 1.82) is 0 Å². The fourth-order valence-electron chi connectivity index (χ4n) is 1.45. The third kappa shape index (κ3) is 2.69. The largest absolute Gasteiger partial charge is 0.280 e. The summed E-state index contributed by atoms with van der Waals surface area (Å²) in [6, 6.07) is 1.46. The Morgan fingerprint density at radius 3 is 2.61 bits per heavy atom. The minimum atomic E-state index is -3.43. The van der Waals surface area contributed by atoms with Crippen LogP contribution >= 0.6 is 34.9 Å². The van der Waals surface area contributed by atoms with Crippen molar-refractivity contribution in [3.8, 4) is 0 Å². The molecule has 1 aromatic carbocycles. The van der Waals surface area contributed by atoms with Crippen molar-refractivity contribution in [3.05, 3.63) is 16.1 Å². The highest BCUT2D eigenvalue weighted by Gasteiger charge is 2.18. The molecule has 98 valence electrons. The Hall–Kier alpha value is -0.630. The van der Waals surface area contributed by atoms with E-state index in [1.54, 1.807) is 6.92 Å². The maximum atomic E-state index is 11.8. The lowest BCUT2D eigenvalue weighted by Crippen LogP contribution is -2.16. The maximum Gasteiger partial charge on any atom is 0.232 e. The summed E-state index contributed by atoms with van der Waals surface area (Å²) >= 11 is 12.9. The number of anilines is 1. The number of rotatable bonds is 4. The number of sulfonamides is 1. The molecule has 9 heteroatoms. The molecule has 0 radical (unpaired) electrons. The van der Waals surface area contributed by atoms with Gasteiger partial charge in [0.15, 0.2) is 0 Å². The quantitative estimate of drug-likeness (QED) is 0.937. The van der Waals surface area contributed by atoms with Gasteiger partial charge in [0.05, 0.1) is 33.2 Å². The van der Waals surface area contributed by atoms with Gasteiger partial charge in [-0.25, -0.2) is 8.42 Å². The van der Waals surface area contributed by atoms with Crippen molar-refractivity contribution in [2.75, 3.05) is 10.5 Å². The van der Waals surface area contributed by atoms with Gasteiger partial charge in [-0.05, 0) is 12.5 Å². The number of aromatic nitrogens is 2. The van der Waals surface area contributed by atoms with Gasteiger partial charge in [-0.3, -0.25) is 4.72 Å². The molecule has 1 N–H and O–H groups in total. The highest BCUT2D eigenvalue weighted by atomic mass is 35.5. The van der Waals surface area contributed by atoms with E-state index in [4.69, 9.17) is 23.2 Å². The Morgan fingerprint density at radius 2 is 1.94 bits per heavy atom. The summed E-state index contributed by atoms with van der Waals surface area (Å²) < 4.78 is 34.0. The molecule has 0 spiro atoms. The molecular weight excluding hydrogens is 317 g/mol. The van der Waals surface area contributed by atoms with Crippen LogP contribution in [0.5, 0.6) is 0 Å². The lowest BCUT2D eigenvalue weighted by Gasteiger charge is -2.09. The SMILES string of the molecule is CCCS(=O)(=O)Nc1c(Cl)cc(Cl)c2nsnc12. The molecule has 0 atom stereocenters. The number of benzene rings is 1. The number of hydrogen-bond donors (Lipinski definition) is 1. The summed E-state index contributed by atoms with van der Waals surface area (Å²) in [4.78, 5) is 0. The van der Waals surface area contributed by atoms with E-state index in [0.29, 0.717) is 22.5 Å². The molecule has 2 rings (SSSR count). The molecule has 0 saturated heterocycles. The topological polar surface area (TPSA) is 72.0 Å². The molecule has 0 aliphatic rings. The lowest BCUT2D eigenvalue weighted by molar-refractivity contribution is 0.600. The third-order valence-corrected chi connectivity index (χ3v) is 4.75. The van der Waals surface area contributed by atoms with E-state index < -0.39 is 10.0 Å². The van der Waals surface area contributed by atoms with Crippen molar-refractivity contribution in [3.63, 3.8) is 0 Å². The Balaban J connectivity index is 2.54. The van der Waals surface area contributed by atoms with Gasteiger partial charge in [0.1, 0.15) is 11.0 Å². The van der Waals surface area contributed by atoms with E-state index in [1.807, 2.05) is 0 Å². The molecule has 1 heterocycles. The number of nitrogens with zero attached hydrogens (tertiary/aromatic N) is 2. The molecular formula is C9H9Cl2N3O2S2. The highest BCUT2D eigenvalue weighted by molar-refractivity contribution is 7.92. The van der Waals surface area contributed by atoms with Gasteiger partial charge in [-0.2, -0.15) is 8.75 Å². The van der Waals surface area contributed by atoms with Crippen LogP contribution < -0.4 is 4.72 Å². The molecule has 0 aliphatic carbocycles. The van der Waals surface area contributed by atoms with Crippen LogP contribution in [0.4, 0.5) is 5.69 Å². The van der Waals surface area contributed by atoms with E-state index in [-0.39, 0.29) is 16.5 Å². The van der Waals surface area contributed by atoms with Crippen molar-refractivity contribution in [2.45, 2.75) is 13.3 Å². The van der Waals surface area contributed by atoms with Crippen LogP contribution in [0.15, 0.2) is 6.07 Å². The van der Waals surface area contributed by atoms with Gasteiger partial charge in [0.25, 0.3) is 0 Å². The van der Waals surface area contributed by atoms with Gasteiger partial charge in [0, 0.05) is 0 Å². The second-order valence-electron chi connectivity index (χ2n) is 3.60. The Bertz CT molecular complexity index is 684. The smallest absolute Gasteiger partial charge is 0.232 e. The minimum Gasteiger partial charge on any atom is -0.280 e. The fourth-order valence-corrected chi connectivity index (χ4v) is 3.82. The molecule has 1 aromatic heterocycles. The van der Waals surface area contributed by atoms with Crippen LogP contribution in [0.25, 0.3) is 11.0 Å². The monoisotopic (exact) mass is 325 g/mol. The third-order valence-electron chi connectivity index (χ3n) is 2.17. The molecule has 2 aromatic rings. The summed E-state index contributed by atoms with van der Waals surface area (Å²) in [6.07, 6.45) is 0.513. The zero-order valence-corrected chi connectivity index (χ0v) is 12.4. The highest BCUT2D eigenvalue weighted by Crippen LogP contribution is 2.35. The van der Waals surface area contributed by atoms with Crippen molar-refractivity contribution >= 4 is 61.7 Å².